The fourth-order valence-corrected chi connectivity index (χ4v) is 8.27. The maximum Gasteiger partial charge on any atom is 0.159 e. The van der Waals surface area contributed by atoms with Gasteiger partial charge in [0.2, 0.25) is 0 Å². The molecule has 4 aromatic rings. The molecule has 1 aromatic heterocycles. The fourth-order valence-electron chi connectivity index (χ4n) is 6.04. The largest absolute Gasteiger partial charge is 0.393 e. The van der Waals surface area contributed by atoms with Crippen molar-refractivity contribution in [3.8, 4) is 0 Å². The molecule has 0 aliphatic carbocycles. The van der Waals surface area contributed by atoms with Crippen molar-refractivity contribution >= 4 is 46.1 Å². The van der Waals surface area contributed by atoms with Gasteiger partial charge in [-0.05, 0) is 90.1 Å². The van der Waals surface area contributed by atoms with Crippen LogP contribution in [0.2, 0.25) is 0 Å². The molecule has 0 radical (unpaired) electrons. The molecule has 2 heterocycles. The van der Waals surface area contributed by atoms with E-state index >= 15 is 8.78 Å². The number of hydrogen-bond acceptors (Lipinski definition) is 6. The number of thioether (sulfide) groups is 1. The van der Waals surface area contributed by atoms with Crippen molar-refractivity contribution in [2.45, 2.75) is 67.8 Å². The minimum Gasteiger partial charge on any atom is -0.393 e. The van der Waals surface area contributed by atoms with E-state index in [1.165, 1.54) is 23.9 Å². The molecule has 0 fully saturated rings. The number of aromatic amines is 1. The van der Waals surface area contributed by atoms with Crippen LogP contribution in [0, 0.1) is 17.0 Å². The molecule has 5 N–H and O–H groups in total. The smallest absolute Gasteiger partial charge is 0.159 e. The number of rotatable bonds is 3. The van der Waals surface area contributed by atoms with E-state index in [-0.39, 0.29) is 28.5 Å². The van der Waals surface area contributed by atoms with Gasteiger partial charge in [-0.2, -0.15) is 11.8 Å². The van der Waals surface area contributed by atoms with Crippen molar-refractivity contribution in [3.63, 3.8) is 0 Å². The number of aliphatic imine (C=N–C) groups is 2. The average Bonchev–Trinajstić information content (AvgIpc) is 3.51. The zero-order valence-corrected chi connectivity index (χ0v) is 28.4. The van der Waals surface area contributed by atoms with E-state index in [9.17, 15) is 10.2 Å². The van der Waals surface area contributed by atoms with Gasteiger partial charge >= 0.3 is 0 Å². The monoisotopic (exact) mass is 664 g/mol. The predicted molar refractivity (Wildman–Crippen MR) is 187 cm³/mol. The molecule has 1 aliphatic rings. The molecule has 0 amide bonds. The molecule has 2 atom stereocenters. The molecule has 1 aliphatic heterocycles. The van der Waals surface area contributed by atoms with Gasteiger partial charge in [-0.1, -0.05) is 56.3 Å². The molecule has 2 bridgehead atoms. The standard InChI is InChI=1S/C36H42F2N4O2S2/c1-35(2)13-6-14-36(3,23-8-5-7-22(17-23)31(44)20-43)34(39)42-33(40-4)27-18-24(9-10-28(27)37)46-32-26(12-16-45-21-35)25-11-15-41-30(25)19-29(32)38/h5,7-11,15,17-19,31,41,43-44H,6,12-14,16,20-21H2,1-4H3,(H2,39,40,42)/t31?,36-/m1/s1. The third kappa shape index (κ3) is 7.35. The minimum absolute atomic E-state index is 0.0252. The topological polar surface area (TPSA) is 107 Å². The van der Waals surface area contributed by atoms with Crippen molar-refractivity contribution in [2.75, 3.05) is 25.2 Å². The number of benzene rings is 3. The Morgan fingerprint density at radius 2 is 1.87 bits per heavy atom. The van der Waals surface area contributed by atoms with E-state index in [1.54, 1.807) is 25.2 Å². The summed E-state index contributed by atoms with van der Waals surface area (Å²) in [6.07, 6.45) is 3.92. The summed E-state index contributed by atoms with van der Waals surface area (Å²) < 4.78 is 31.1. The molecule has 46 heavy (non-hydrogen) atoms. The van der Waals surface area contributed by atoms with E-state index in [4.69, 9.17) is 10.7 Å². The SMILES string of the molecule is CN=C1N=C(N)[C@@](C)(c2cccc(C(O)CO)c2)CCCC(C)(C)CSCCc2c(c(F)cc3[nH]ccc23)Sc2ccc(F)c1c2. The molecule has 0 saturated carbocycles. The van der Waals surface area contributed by atoms with Crippen LogP contribution in [-0.2, 0) is 11.8 Å². The second-order valence-corrected chi connectivity index (χ2v) is 15.1. The molecule has 0 spiro atoms. The Bertz CT molecular complexity index is 1770. The Morgan fingerprint density at radius 1 is 1.07 bits per heavy atom. The second kappa shape index (κ2) is 14.3. The summed E-state index contributed by atoms with van der Waals surface area (Å²) in [5.41, 5.74) is 9.38. The first-order valence-electron chi connectivity index (χ1n) is 15.5. The lowest BCUT2D eigenvalue weighted by Gasteiger charge is -2.32. The summed E-state index contributed by atoms with van der Waals surface area (Å²) in [6.45, 7) is 6.13. The first kappa shape index (κ1) is 34.2. The van der Waals surface area contributed by atoms with E-state index in [0.717, 1.165) is 46.4 Å². The lowest BCUT2D eigenvalue weighted by Crippen LogP contribution is -2.40. The van der Waals surface area contributed by atoms with Crippen LogP contribution >= 0.6 is 23.5 Å². The number of aliphatic hydroxyl groups is 2. The van der Waals surface area contributed by atoms with Gasteiger partial charge in [-0.25, -0.2) is 13.8 Å². The first-order valence-corrected chi connectivity index (χ1v) is 17.5. The maximum atomic E-state index is 15.7. The summed E-state index contributed by atoms with van der Waals surface area (Å²) in [4.78, 5) is 13.4. The number of fused-ring (bicyclic) bond motifs is 5. The molecule has 6 nitrogen and oxygen atoms in total. The van der Waals surface area contributed by atoms with Gasteiger partial charge in [0.15, 0.2) is 5.84 Å². The summed E-state index contributed by atoms with van der Waals surface area (Å²) in [5, 5.41) is 21.0. The average molecular weight is 665 g/mol. The van der Waals surface area contributed by atoms with Crippen LogP contribution in [-0.4, -0.2) is 52.0 Å². The molecule has 1 unspecified atom stereocenters. The normalized spacial score (nSPS) is 21.3. The highest BCUT2D eigenvalue weighted by molar-refractivity contribution is 7.99. The number of aromatic nitrogens is 1. The Hall–Kier alpha value is -3.18. The number of H-pyrrole nitrogens is 1. The number of aryl methyl sites for hydroxylation is 1. The summed E-state index contributed by atoms with van der Waals surface area (Å²) in [6, 6.07) is 15.6. The van der Waals surface area contributed by atoms with Gasteiger partial charge in [0.1, 0.15) is 23.6 Å². The Kier molecular flexibility index (Phi) is 10.6. The van der Waals surface area contributed by atoms with Crippen molar-refractivity contribution in [3.05, 3.63) is 94.7 Å². The maximum absolute atomic E-state index is 15.7. The zero-order valence-electron chi connectivity index (χ0n) is 26.7. The number of nitrogens with two attached hydrogens (primary N) is 1. The highest BCUT2D eigenvalue weighted by Gasteiger charge is 2.33. The molecule has 3 aromatic carbocycles. The highest BCUT2D eigenvalue weighted by Crippen LogP contribution is 2.40. The van der Waals surface area contributed by atoms with Crippen molar-refractivity contribution < 1.29 is 19.0 Å². The third-order valence-electron chi connectivity index (χ3n) is 8.87. The van der Waals surface area contributed by atoms with E-state index in [0.29, 0.717) is 28.2 Å². The van der Waals surface area contributed by atoms with Gasteiger partial charge < -0.3 is 20.9 Å². The van der Waals surface area contributed by atoms with Gasteiger partial charge in [0, 0.05) is 34.5 Å². The molecule has 5 rings (SSSR count). The van der Waals surface area contributed by atoms with Gasteiger partial charge in [-0.3, -0.25) is 4.99 Å². The number of halogens is 2. The third-order valence-corrected chi connectivity index (χ3v) is 11.5. The predicted octanol–water partition coefficient (Wildman–Crippen LogP) is 7.80. The van der Waals surface area contributed by atoms with Crippen molar-refractivity contribution in [2.24, 2.45) is 21.1 Å². The number of hydrogen-bond donors (Lipinski definition) is 4. The molecule has 244 valence electrons. The van der Waals surface area contributed by atoms with Crippen LogP contribution in [0.3, 0.4) is 0 Å². The second-order valence-electron chi connectivity index (χ2n) is 12.9. The number of nitrogens with zero attached hydrogens (tertiary/aromatic N) is 2. The number of aliphatic hydroxyl groups excluding tert-OH is 2. The fraction of sp³-hybridized carbons (Fsp3) is 0.389. The van der Waals surface area contributed by atoms with Crippen LogP contribution in [0.1, 0.15) is 68.4 Å². The van der Waals surface area contributed by atoms with Gasteiger partial charge in [0.25, 0.3) is 0 Å². The van der Waals surface area contributed by atoms with Gasteiger partial charge in [0.05, 0.1) is 17.1 Å². The first-order chi connectivity index (χ1) is 22.0. The molecule has 0 saturated heterocycles. The van der Waals surface area contributed by atoms with Crippen LogP contribution in [0.25, 0.3) is 10.9 Å². The lowest BCUT2D eigenvalue weighted by molar-refractivity contribution is 0.0955. The number of nitrogens with one attached hydrogen (secondary N) is 1. The van der Waals surface area contributed by atoms with Crippen LogP contribution in [0.15, 0.2) is 80.6 Å². The minimum atomic E-state index is -1.03. The highest BCUT2D eigenvalue weighted by atomic mass is 32.2. The Morgan fingerprint density at radius 3 is 2.63 bits per heavy atom. The van der Waals surface area contributed by atoms with E-state index in [1.807, 2.05) is 49.1 Å². The quantitative estimate of drug-likeness (QED) is 0.179. The van der Waals surface area contributed by atoms with Crippen molar-refractivity contribution in [1.82, 2.24) is 4.98 Å². The molecule has 10 heteroatoms. The summed E-state index contributed by atoms with van der Waals surface area (Å²) in [7, 11) is 1.55. The van der Waals surface area contributed by atoms with Crippen LogP contribution in [0.4, 0.5) is 8.78 Å². The van der Waals surface area contributed by atoms with E-state index in [2.05, 4.69) is 23.8 Å². The molecular weight excluding hydrogens is 623 g/mol. The Balaban J connectivity index is 1.63. The van der Waals surface area contributed by atoms with E-state index < -0.39 is 23.9 Å². The van der Waals surface area contributed by atoms with Gasteiger partial charge in [-0.15, -0.1) is 0 Å². The summed E-state index contributed by atoms with van der Waals surface area (Å²) >= 11 is 3.14. The lowest BCUT2D eigenvalue weighted by atomic mass is 9.74. The van der Waals surface area contributed by atoms with Crippen LogP contribution in [0.5, 0.6) is 0 Å². The van der Waals surface area contributed by atoms with Crippen molar-refractivity contribution in [1.29, 1.82) is 0 Å². The molecular formula is C36H42F2N4O2S2. The number of amidine groups is 2. The zero-order chi connectivity index (χ0) is 33.1. The summed E-state index contributed by atoms with van der Waals surface area (Å²) in [5.74, 6) is 1.34. The van der Waals surface area contributed by atoms with Crippen LogP contribution < -0.4 is 5.73 Å². The Labute approximate surface area is 278 Å².